The van der Waals surface area contributed by atoms with Gasteiger partial charge in [0.2, 0.25) is 0 Å². The van der Waals surface area contributed by atoms with Gasteiger partial charge in [-0.1, -0.05) is 39.8 Å². The van der Waals surface area contributed by atoms with Crippen LogP contribution in [0.4, 0.5) is 0 Å². The van der Waals surface area contributed by atoms with E-state index in [0.717, 1.165) is 19.3 Å². The van der Waals surface area contributed by atoms with Crippen molar-refractivity contribution in [2.45, 2.75) is 53.1 Å². The predicted octanol–water partition coefficient (Wildman–Crippen LogP) is 2.99. The lowest BCUT2D eigenvalue weighted by Crippen LogP contribution is -2.58. The molecular formula is C16H28O2. The highest BCUT2D eigenvalue weighted by molar-refractivity contribution is 5.14. The molecule has 0 saturated heterocycles. The van der Waals surface area contributed by atoms with E-state index in [2.05, 4.69) is 39.8 Å². The van der Waals surface area contributed by atoms with Gasteiger partial charge >= 0.3 is 0 Å². The number of hydrogen-bond donors (Lipinski definition) is 2. The molecule has 2 N–H and O–H groups in total. The van der Waals surface area contributed by atoms with Crippen LogP contribution in [0.25, 0.3) is 0 Å². The lowest BCUT2D eigenvalue weighted by Gasteiger charge is -2.60. The molecule has 0 bridgehead atoms. The van der Waals surface area contributed by atoms with Crippen LogP contribution in [0.2, 0.25) is 0 Å². The summed E-state index contributed by atoms with van der Waals surface area (Å²) in [4.78, 5) is 0. The van der Waals surface area contributed by atoms with Crippen molar-refractivity contribution >= 4 is 0 Å². The molecule has 0 radical (unpaired) electrons. The summed E-state index contributed by atoms with van der Waals surface area (Å²) in [5, 5.41) is 20.0. The van der Waals surface area contributed by atoms with Crippen LogP contribution >= 0.6 is 0 Å². The zero-order valence-corrected chi connectivity index (χ0v) is 12.2. The van der Waals surface area contributed by atoms with Gasteiger partial charge in [0.1, 0.15) is 0 Å². The summed E-state index contributed by atoms with van der Waals surface area (Å²) in [6.07, 6.45) is 7.07. The topological polar surface area (TPSA) is 40.5 Å². The first-order chi connectivity index (χ1) is 8.37. The minimum absolute atomic E-state index is 0.0365. The first-order valence-corrected chi connectivity index (χ1v) is 7.33. The van der Waals surface area contributed by atoms with E-state index in [-0.39, 0.29) is 23.5 Å². The number of aliphatic hydroxyl groups excluding tert-OH is 2. The van der Waals surface area contributed by atoms with Crippen molar-refractivity contribution in [3.05, 3.63) is 12.2 Å². The van der Waals surface area contributed by atoms with Crippen LogP contribution in [0, 0.1) is 28.6 Å². The molecule has 2 aliphatic rings. The largest absolute Gasteiger partial charge is 0.396 e. The van der Waals surface area contributed by atoms with Crippen LogP contribution in [0.15, 0.2) is 12.2 Å². The molecule has 0 spiro atoms. The highest BCUT2D eigenvalue weighted by Gasteiger charge is 2.57. The van der Waals surface area contributed by atoms with Crippen molar-refractivity contribution in [1.29, 1.82) is 0 Å². The smallest absolute Gasteiger partial charge is 0.0605 e. The summed E-state index contributed by atoms with van der Waals surface area (Å²) in [5.74, 6) is 1.35. The van der Waals surface area contributed by atoms with E-state index in [1.807, 2.05) is 0 Å². The number of rotatable bonds is 2. The molecule has 1 fully saturated rings. The third-order valence-corrected chi connectivity index (χ3v) is 6.40. The summed E-state index contributed by atoms with van der Waals surface area (Å²) in [6, 6.07) is 0. The third kappa shape index (κ3) is 1.77. The van der Waals surface area contributed by atoms with Gasteiger partial charge in [-0.25, -0.2) is 0 Å². The van der Waals surface area contributed by atoms with Crippen molar-refractivity contribution in [2.24, 2.45) is 28.6 Å². The normalized spacial score (nSPS) is 52.1. The Balaban J connectivity index is 2.43. The second-order valence-electron chi connectivity index (χ2n) is 7.00. The van der Waals surface area contributed by atoms with E-state index < -0.39 is 0 Å². The van der Waals surface area contributed by atoms with Crippen molar-refractivity contribution in [3.63, 3.8) is 0 Å². The van der Waals surface area contributed by atoms with Gasteiger partial charge in [0.05, 0.1) is 6.10 Å². The Morgan fingerprint density at radius 2 is 1.94 bits per heavy atom. The molecule has 0 aromatic rings. The van der Waals surface area contributed by atoms with Gasteiger partial charge in [0, 0.05) is 12.0 Å². The van der Waals surface area contributed by atoms with Gasteiger partial charge < -0.3 is 10.2 Å². The molecule has 1 saturated carbocycles. The highest BCUT2D eigenvalue weighted by Crippen LogP contribution is 2.61. The van der Waals surface area contributed by atoms with Gasteiger partial charge in [0.25, 0.3) is 0 Å². The summed E-state index contributed by atoms with van der Waals surface area (Å²) in [6.45, 7) is 9.27. The Labute approximate surface area is 111 Å². The van der Waals surface area contributed by atoms with Crippen LogP contribution in [0.1, 0.15) is 47.0 Å². The van der Waals surface area contributed by atoms with Crippen LogP contribution in [-0.4, -0.2) is 22.9 Å². The number of aliphatic hydroxyl groups is 2. The highest BCUT2D eigenvalue weighted by atomic mass is 16.3. The summed E-state index contributed by atoms with van der Waals surface area (Å²) >= 11 is 0. The number of hydrogen-bond acceptors (Lipinski definition) is 2. The fourth-order valence-electron chi connectivity index (χ4n) is 4.58. The van der Waals surface area contributed by atoms with Crippen LogP contribution in [0.5, 0.6) is 0 Å². The second-order valence-corrected chi connectivity index (χ2v) is 7.00. The molecule has 2 nitrogen and oxygen atoms in total. The maximum atomic E-state index is 10.6. The maximum absolute atomic E-state index is 10.6. The fourth-order valence-corrected chi connectivity index (χ4v) is 4.58. The van der Waals surface area contributed by atoms with Crippen molar-refractivity contribution in [1.82, 2.24) is 0 Å². The molecule has 6 atom stereocenters. The molecule has 0 aromatic carbocycles. The minimum atomic E-state index is -0.218. The van der Waals surface area contributed by atoms with E-state index in [4.69, 9.17) is 0 Å². The first-order valence-electron chi connectivity index (χ1n) is 7.33. The summed E-state index contributed by atoms with van der Waals surface area (Å²) in [7, 11) is 0. The third-order valence-electron chi connectivity index (χ3n) is 6.40. The quantitative estimate of drug-likeness (QED) is 0.742. The molecule has 0 aromatic heterocycles. The molecule has 0 amide bonds. The fraction of sp³-hybridized carbons (Fsp3) is 0.875. The van der Waals surface area contributed by atoms with Gasteiger partial charge in [0.15, 0.2) is 0 Å². The Morgan fingerprint density at radius 1 is 1.28 bits per heavy atom. The second kappa shape index (κ2) is 4.64. The van der Waals surface area contributed by atoms with Gasteiger partial charge in [-0.05, 0) is 42.4 Å². The van der Waals surface area contributed by atoms with Crippen LogP contribution in [0.3, 0.4) is 0 Å². The molecule has 2 rings (SSSR count). The Morgan fingerprint density at radius 3 is 2.56 bits per heavy atom. The molecule has 0 unspecified atom stereocenters. The molecule has 2 heteroatoms. The minimum Gasteiger partial charge on any atom is -0.396 e. The van der Waals surface area contributed by atoms with E-state index in [9.17, 15) is 10.2 Å². The van der Waals surface area contributed by atoms with Crippen LogP contribution < -0.4 is 0 Å². The van der Waals surface area contributed by atoms with Crippen molar-refractivity contribution in [3.8, 4) is 0 Å². The average Bonchev–Trinajstić information content (AvgIpc) is 2.31. The van der Waals surface area contributed by atoms with Gasteiger partial charge in [-0.3, -0.25) is 0 Å². The lowest BCUT2D eigenvalue weighted by molar-refractivity contribution is -0.157. The molecule has 18 heavy (non-hydrogen) atoms. The Bertz CT molecular complexity index is 338. The van der Waals surface area contributed by atoms with E-state index >= 15 is 0 Å². The molecular weight excluding hydrogens is 224 g/mol. The number of allylic oxidation sites excluding steroid dienone is 2. The monoisotopic (exact) mass is 252 g/mol. The summed E-state index contributed by atoms with van der Waals surface area (Å²) in [5.41, 5.74) is 0.104. The van der Waals surface area contributed by atoms with Crippen molar-refractivity contribution < 1.29 is 10.2 Å². The van der Waals surface area contributed by atoms with Gasteiger partial charge in [-0.2, -0.15) is 0 Å². The molecule has 0 heterocycles. The Hall–Kier alpha value is -0.340. The van der Waals surface area contributed by atoms with E-state index in [1.54, 1.807) is 0 Å². The Kier molecular flexibility index (Phi) is 3.63. The first kappa shape index (κ1) is 14.1. The molecule has 104 valence electrons. The SMILES string of the molecule is C[C@@H]1C[C@@H](O)[C@@]2(C)[C@@H](C)C=CC[C@H]2[C@]1(C)CCO. The van der Waals surface area contributed by atoms with Gasteiger partial charge in [-0.15, -0.1) is 0 Å². The number of fused-ring (bicyclic) bond motifs is 1. The lowest BCUT2D eigenvalue weighted by atomic mass is 9.45. The van der Waals surface area contributed by atoms with E-state index in [1.165, 1.54) is 0 Å². The molecule has 0 aliphatic heterocycles. The molecule has 2 aliphatic carbocycles. The zero-order chi connectivity index (χ0) is 13.6. The average molecular weight is 252 g/mol. The van der Waals surface area contributed by atoms with Crippen LogP contribution in [-0.2, 0) is 0 Å². The predicted molar refractivity (Wildman–Crippen MR) is 74.1 cm³/mol. The standard InChI is InChI=1S/C16H28O2/c1-11-6-5-7-13-15(3,8-9-17)12(2)10-14(18)16(11,13)4/h5-6,11-14,17-18H,7-10H2,1-4H3/t11-,12+,13-,14+,15+,16-/m0/s1. The zero-order valence-electron chi connectivity index (χ0n) is 12.2. The summed E-state index contributed by atoms with van der Waals surface area (Å²) < 4.78 is 0. The van der Waals surface area contributed by atoms with Crippen molar-refractivity contribution in [2.75, 3.05) is 6.61 Å². The maximum Gasteiger partial charge on any atom is 0.0605 e. The van der Waals surface area contributed by atoms with E-state index in [0.29, 0.717) is 17.8 Å².